The molecule has 0 fully saturated rings. The van der Waals surface area contributed by atoms with Crippen molar-refractivity contribution < 1.29 is 14.3 Å². The number of ether oxygens (including phenoxy) is 1. The molecule has 0 aromatic heterocycles. The lowest BCUT2D eigenvalue weighted by atomic mass is 10.1. The van der Waals surface area contributed by atoms with Crippen LogP contribution in [-0.2, 0) is 4.79 Å². The minimum absolute atomic E-state index is 0.276. The summed E-state index contributed by atoms with van der Waals surface area (Å²) in [6, 6.07) is 15.4. The molecule has 2 N–H and O–H groups in total. The number of amides is 2. The number of benzene rings is 2. The van der Waals surface area contributed by atoms with Crippen LogP contribution in [0.25, 0.3) is 0 Å². The first kappa shape index (κ1) is 17.5. The lowest BCUT2D eigenvalue weighted by Gasteiger charge is -2.19. The van der Waals surface area contributed by atoms with Gasteiger partial charge in [0.1, 0.15) is 11.8 Å². The van der Waals surface area contributed by atoms with Crippen molar-refractivity contribution in [2.45, 2.75) is 19.4 Å². The van der Waals surface area contributed by atoms with Gasteiger partial charge in [0, 0.05) is 7.05 Å². The highest BCUT2D eigenvalue weighted by Crippen LogP contribution is 2.20. The van der Waals surface area contributed by atoms with Crippen LogP contribution >= 0.6 is 0 Å². The van der Waals surface area contributed by atoms with Crippen LogP contribution in [0.15, 0.2) is 54.6 Å². The van der Waals surface area contributed by atoms with E-state index in [0.717, 1.165) is 12.0 Å². The van der Waals surface area contributed by atoms with E-state index in [0.29, 0.717) is 17.9 Å². The topological polar surface area (TPSA) is 67.4 Å². The number of hydrogen-bond acceptors (Lipinski definition) is 3. The molecule has 0 aliphatic heterocycles. The van der Waals surface area contributed by atoms with E-state index in [4.69, 9.17) is 4.74 Å². The summed E-state index contributed by atoms with van der Waals surface area (Å²) >= 11 is 0. The average molecular weight is 326 g/mol. The van der Waals surface area contributed by atoms with Crippen LogP contribution in [0.5, 0.6) is 5.75 Å². The SMILES string of the molecule is CCCOc1ccccc1C(=O)NC(C(=O)NC)c1ccccc1. The summed E-state index contributed by atoms with van der Waals surface area (Å²) in [5.41, 5.74) is 1.13. The zero-order chi connectivity index (χ0) is 17.4. The molecule has 0 saturated heterocycles. The Labute approximate surface area is 142 Å². The molecule has 1 atom stereocenters. The minimum atomic E-state index is -0.761. The molecule has 0 aliphatic rings. The fourth-order valence-corrected chi connectivity index (χ4v) is 2.29. The molecule has 2 rings (SSSR count). The molecule has 0 spiro atoms. The molecule has 0 aliphatic carbocycles. The van der Waals surface area contributed by atoms with Gasteiger partial charge in [-0.3, -0.25) is 9.59 Å². The van der Waals surface area contributed by atoms with Crippen molar-refractivity contribution in [1.82, 2.24) is 10.6 Å². The molecular formula is C19H22N2O3. The monoisotopic (exact) mass is 326 g/mol. The lowest BCUT2D eigenvalue weighted by Crippen LogP contribution is -2.39. The normalized spacial score (nSPS) is 11.4. The maximum Gasteiger partial charge on any atom is 0.255 e. The van der Waals surface area contributed by atoms with Gasteiger partial charge in [0.05, 0.1) is 12.2 Å². The van der Waals surface area contributed by atoms with Gasteiger partial charge in [0.15, 0.2) is 0 Å². The van der Waals surface area contributed by atoms with Gasteiger partial charge in [-0.2, -0.15) is 0 Å². The second kappa shape index (κ2) is 8.72. The zero-order valence-electron chi connectivity index (χ0n) is 13.9. The third kappa shape index (κ3) is 4.35. The Morgan fingerprint density at radius 1 is 1.04 bits per heavy atom. The standard InChI is InChI=1S/C19H22N2O3/c1-3-13-24-16-12-8-7-11-15(16)18(22)21-17(19(23)20-2)14-9-5-4-6-10-14/h4-12,17H,3,13H2,1-2H3,(H,20,23)(H,21,22). The fraction of sp³-hybridized carbons (Fsp3) is 0.263. The number of hydrogen-bond donors (Lipinski definition) is 2. The maximum absolute atomic E-state index is 12.7. The van der Waals surface area contributed by atoms with Crippen LogP contribution in [0.4, 0.5) is 0 Å². The number of nitrogens with one attached hydrogen (secondary N) is 2. The summed E-state index contributed by atoms with van der Waals surface area (Å²) in [6.45, 7) is 2.53. The fourth-order valence-electron chi connectivity index (χ4n) is 2.29. The lowest BCUT2D eigenvalue weighted by molar-refractivity contribution is -0.122. The first-order chi connectivity index (χ1) is 11.7. The largest absolute Gasteiger partial charge is 0.493 e. The van der Waals surface area contributed by atoms with Gasteiger partial charge >= 0.3 is 0 Å². The van der Waals surface area contributed by atoms with Gasteiger partial charge in [0.25, 0.3) is 5.91 Å². The zero-order valence-corrected chi connectivity index (χ0v) is 13.9. The van der Waals surface area contributed by atoms with Crippen LogP contribution in [0.2, 0.25) is 0 Å². The first-order valence-corrected chi connectivity index (χ1v) is 7.96. The van der Waals surface area contributed by atoms with E-state index in [-0.39, 0.29) is 11.8 Å². The minimum Gasteiger partial charge on any atom is -0.493 e. The smallest absolute Gasteiger partial charge is 0.255 e. The predicted molar refractivity (Wildman–Crippen MR) is 92.9 cm³/mol. The Kier molecular flexibility index (Phi) is 6.37. The molecule has 2 aromatic rings. The molecule has 126 valence electrons. The molecule has 5 nitrogen and oxygen atoms in total. The number of rotatable bonds is 7. The maximum atomic E-state index is 12.7. The van der Waals surface area contributed by atoms with Crippen molar-refractivity contribution >= 4 is 11.8 Å². The van der Waals surface area contributed by atoms with Crippen molar-refractivity contribution in [2.24, 2.45) is 0 Å². The third-order valence-corrected chi connectivity index (χ3v) is 3.51. The van der Waals surface area contributed by atoms with Crippen LogP contribution in [-0.4, -0.2) is 25.5 Å². The van der Waals surface area contributed by atoms with E-state index < -0.39 is 6.04 Å². The van der Waals surface area contributed by atoms with E-state index in [1.807, 2.05) is 31.2 Å². The highest BCUT2D eigenvalue weighted by atomic mass is 16.5. The Morgan fingerprint density at radius 2 is 1.71 bits per heavy atom. The van der Waals surface area contributed by atoms with Crippen molar-refractivity contribution in [1.29, 1.82) is 0 Å². The number of carbonyl (C=O) groups excluding carboxylic acids is 2. The van der Waals surface area contributed by atoms with Crippen LogP contribution in [0, 0.1) is 0 Å². The highest BCUT2D eigenvalue weighted by molar-refractivity contribution is 5.99. The van der Waals surface area contributed by atoms with E-state index in [1.165, 1.54) is 0 Å². The van der Waals surface area contributed by atoms with Crippen LogP contribution < -0.4 is 15.4 Å². The molecule has 0 heterocycles. The first-order valence-electron chi connectivity index (χ1n) is 7.96. The molecule has 24 heavy (non-hydrogen) atoms. The second-order valence-electron chi connectivity index (χ2n) is 5.28. The molecule has 0 saturated carbocycles. The molecule has 1 unspecified atom stereocenters. The van der Waals surface area contributed by atoms with Gasteiger partial charge in [-0.1, -0.05) is 49.4 Å². The van der Waals surface area contributed by atoms with E-state index in [1.54, 1.807) is 37.4 Å². The van der Waals surface area contributed by atoms with Gasteiger partial charge in [-0.15, -0.1) is 0 Å². The summed E-state index contributed by atoms with van der Waals surface area (Å²) in [4.78, 5) is 24.8. The van der Waals surface area contributed by atoms with Crippen molar-refractivity contribution in [2.75, 3.05) is 13.7 Å². The van der Waals surface area contributed by atoms with E-state index in [9.17, 15) is 9.59 Å². The van der Waals surface area contributed by atoms with E-state index >= 15 is 0 Å². The number of likely N-dealkylation sites (N-methyl/N-ethyl adjacent to an activating group) is 1. The van der Waals surface area contributed by atoms with Gasteiger partial charge in [0.2, 0.25) is 5.91 Å². The number of carbonyl (C=O) groups is 2. The highest BCUT2D eigenvalue weighted by Gasteiger charge is 2.23. The molecule has 0 bridgehead atoms. The Hall–Kier alpha value is -2.82. The van der Waals surface area contributed by atoms with Crippen LogP contribution in [0.3, 0.4) is 0 Å². The summed E-state index contributed by atoms with van der Waals surface area (Å²) in [5.74, 6) is -0.110. The Morgan fingerprint density at radius 3 is 2.38 bits per heavy atom. The second-order valence-corrected chi connectivity index (χ2v) is 5.28. The Bertz CT molecular complexity index is 686. The van der Waals surface area contributed by atoms with Gasteiger partial charge in [-0.25, -0.2) is 0 Å². The van der Waals surface area contributed by atoms with Gasteiger partial charge in [-0.05, 0) is 24.1 Å². The quantitative estimate of drug-likeness (QED) is 0.822. The molecule has 2 amide bonds. The van der Waals surface area contributed by atoms with Crippen molar-refractivity contribution in [3.63, 3.8) is 0 Å². The Balaban J connectivity index is 2.24. The van der Waals surface area contributed by atoms with Gasteiger partial charge < -0.3 is 15.4 Å². The molecular weight excluding hydrogens is 304 g/mol. The van der Waals surface area contributed by atoms with Crippen LogP contribution in [0.1, 0.15) is 35.3 Å². The average Bonchev–Trinajstić information content (AvgIpc) is 2.64. The van der Waals surface area contributed by atoms with Crippen molar-refractivity contribution in [3.8, 4) is 5.75 Å². The molecule has 5 heteroatoms. The summed E-state index contributed by atoms with van der Waals surface area (Å²) in [6.07, 6.45) is 0.848. The molecule has 0 radical (unpaired) electrons. The summed E-state index contributed by atoms with van der Waals surface area (Å²) in [5, 5.41) is 5.37. The van der Waals surface area contributed by atoms with Crippen molar-refractivity contribution in [3.05, 3.63) is 65.7 Å². The van der Waals surface area contributed by atoms with E-state index in [2.05, 4.69) is 10.6 Å². The summed E-state index contributed by atoms with van der Waals surface area (Å²) in [7, 11) is 1.54. The predicted octanol–water partition coefficient (Wildman–Crippen LogP) is 2.69. The third-order valence-electron chi connectivity index (χ3n) is 3.51. The summed E-state index contributed by atoms with van der Waals surface area (Å²) < 4.78 is 5.62. The molecule has 2 aromatic carbocycles. The number of para-hydroxylation sites is 1.